The van der Waals surface area contributed by atoms with Crippen LogP contribution in [0.15, 0.2) is 0 Å². The van der Waals surface area contributed by atoms with E-state index >= 15 is 0 Å². The molecule has 0 unspecified atom stereocenters. The molecule has 0 bridgehead atoms. The molecule has 0 saturated carbocycles. The fourth-order valence-electron chi connectivity index (χ4n) is 2.94. The Morgan fingerprint density at radius 3 is 2.00 bits per heavy atom. The van der Waals surface area contributed by atoms with E-state index in [1.54, 1.807) is 0 Å². The van der Waals surface area contributed by atoms with Crippen molar-refractivity contribution < 1.29 is 4.39 Å². The summed E-state index contributed by atoms with van der Waals surface area (Å²) in [6, 6.07) is 0.229. The molecule has 0 aromatic heterocycles. The second-order valence-electron chi connectivity index (χ2n) is 7.05. The minimum absolute atomic E-state index is 0.00616. The Morgan fingerprint density at radius 2 is 1.69 bits per heavy atom. The molecule has 0 aromatic carbocycles. The summed E-state index contributed by atoms with van der Waals surface area (Å²) in [7, 11) is 0. The Balaban J connectivity index is 3.03. The molecule has 2 nitrogen and oxygen atoms in total. The van der Waals surface area contributed by atoms with Crippen molar-refractivity contribution in [2.45, 2.75) is 59.3 Å². The van der Waals surface area contributed by atoms with Crippen molar-refractivity contribution in [3.05, 3.63) is 0 Å². The molecule has 2 N–H and O–H groups in total. The SMILES string of the molecule is CC(C)(C)[C@@H]1[C@@H](CN)[C@@H](F)CN1C(C)(C)C. The van der Waals surface area contributed by atoms with Crippen LogP contribution >= 0.6 is 0 Å². The van der Waals surface area contributed by atoms with E-state index in [0.717, 1.165) is 0 Å². The highest BCUT2D eigenvalue weighted by molar-refractivity contribution is 5.03. The van der Waals surface area contributed by atoms with Crippen LogP contribution in [0.2, 0.25) is 0 Å². The maximum Gasteiger partial charge on any atom is 0.118 e. The summed E-state index contributed by atoms with van der Waals surface area (Å²) in [5.41, 5.74) is 5.82. The second kappa shape index (κ2) is 4.26. The number of halogens is 1. The van der Waals surface area contributed by atoms with Crippen molar-refractivity contribution in [1.29, 1.82) is 0 Å². The lowest BCUT2D eigenvalue weighted by Crippen LogP contribution is -2.52. The maximum absolute atomic E-state index is 14.0. The summed E-state index contributed by atoms with van der Waals surface area (Å²) in [5.74, 6) is -0.0285. The van der Waals surface area contributed by atoms with E-state index < -0.39 is 6.17 Å². The third-order valence-corrected chi connectivity index (χ3v) is 3.60. The minimum Gasteiger partial charge on any atom is -0.330 e. The van der Waals surface area contributed by atoms with Crippen LogP contribution in [-0.4, -0.2) is 35.7 Å². The molecular weight excluding hydrogens is 203 g/mol. The van der Waals surface area contributed by atoms with Crippen LogP contribution in [0.5, 0.6) is 0 Å². The first-order chi connectivity index (χ1) is 7.09. The van der Waals surface area contributed by atoms with Gasteiger partial charge in [-0.15, -0.1) is 0 Å². The molecule has 1 aliphatic rings. The fraction of sp³-hybridized carbons (Fsp3) is 1.00. The Kier molecular flexibility index (Phi) is 3.71. The van der Waals surface area contributed by atoms with Crippen LogP contribution in [-0.2, 0) is 0 Å². The van der Waals surface area contributed by atoms with E-state index in [-0.39, 0.29) is 22.9 Å². The zero-order valence-corrected chi connectivity index (χ0v) is 11.5. The third kappa shape index (κ3) is 2.57. The van der Waals surface area contributed by atoms with E-state index in [0.29, 0.717) is 13.1 Å². The number of nitrogens with two attached hydrogens (primary N) is 1. The van der Waals surface area contributed by atoms with Gasteiger partial charge in [-0.3, -0.25) is 4.90 Å². The highest BCUT2D eigenvalue weighted by Gasteiger charge is 2.49. The molecule has 1 rings (SSSR count). The van der Waals surface area contributed by atoms with Crippen LogP contribution in [0.3, 0.4) is 0 Å². The molecular formula is C13H27FN2. The van der Waals surface area contributed by atoms with E-state index in [9.17, 15) is 4.39 Å². The maximum atomic E-state index is 14.0. The van der Waals surface area contributed by atoms with E-state index in [4.69, 9.17) is 5.73 Å². The Bertz CT molecular complexity index is 239. The van der Waals surface area contributed by atoms with Gasteiger partial charge >= 0.3 is 0 Å². The van der Waals surface area contributed by atoms with Gasteiger partial charge in [0.2, 0.25) is 0 Å². The zero-order chi connectivity index (χ0) is 12.7. The first-order valence-electron chi connectivity index (χ1n) is 6.20. The van der Waals surface area contributed by atoms with Crippen LogP contribution < -0.4 is 5.73 Å². The van der Waals surface area contributed by atoms with Crippen molar-refractivity contribution in [3.63, 3.8) is 0 Å². The molecule has 1 saturated heterocycles. The van der Waals surface area contributed by atoms with Gasteiger partial charge in [0, 0.05) is 24.0 Å². The van der Waals surface area contributed by atoms with Crippen LogP contribution in [0.25, 0.3) is 0 Å². The lowest BCUT2D eigenvalue weighted by atomic mass is 9.78. The monoisotopic (exact) mass is 230 g/mol. The predicted molar refractivity (Wildman–Crippen MR) is 67.1 cm³/mol. The summed E-state index contributed by atoms with van der Waals surface area (Å²) >= 11 is 0. The third-order valence-electron chi connectivity index (χ3n) is 3.60. The minimum atomic E-state index is -0.784. The topological polar surface area (TPSA) is 29.3 Å². The predicted octanol–water partition coefficient (Wildman–Crippen LogP) is 2.43. The molecule has 0 aromatic rings. The van der Waals surface area contributed by atoms with E-state index in [1.807, 2.05) is 0 Å². The molecule has 96 valence electrons. The summed E-state index contributed by atoms with van der Waals surface area (Å²) in [6.07, 6.45) is -0.784. The van der Waals surface area contributed by atoms with Gasteiger partial charge < -0.3 is 5.73 Å². The van der Waals surface area contributed by atoms with E-state index in [1.165, 1.54) is 0 Å². The highest BCUT2D eigenvalue weighted by Crippen LogP contribution is 2.41. The Hall–Kier alpha value is -0.150. The summed E-state index contributed by atoms with van der Waals surface area (Å²) in [5, 5.41) is 0. The molecule has 0 spiro atoms. The van der Waals surface area contributed by atoms with Crippen molar-refractivity contribution >= 4 is 0 Å². The van der Waals surface area contributed by atoms with Crippen molar-refractivity contribution in [1.82, 2.24) is 4.90 Å². The smallest absolute Gasteiger partial charge is 0.118 e. The van der Waals surface area contributed by atoms with Gasteiger partial charge in [-0.25, -0.2) is 4.39 Å². The molecule has 0 radical (unpaired) electrons. The van der Waals surface area contributed by atoms with Crippen molar-refractivity contribution in [3.8, 4) is 0 Å². The summed E-state index contributed by atoms with van der Waals surface area (Å²) in [6.45, 7) is 13.9. The van der Waals surface area contributed by atoms with Crippen LogP contribution in [0.4, 0.5) is 4.39 Å². The lowest BCUT2D eigenvalue weighted by molar-refractivity contribution is 0.0406. The van der Waals surface area contributed by atoms with E-state index in [2.05, 4.69) is 46.4 Å². The molecule has 3 atom stereocenters. The van der Waals surface area contributed by atoms with Gasteiger partial charge in [0.25, 0.3) is 0 Å². The van der Waals surface area contributed by atoms with Crippen LogP contribution in [0, 0.1) is 11.3 Å². The van der Waals surface area contributed by atoms with Gasteiger partial charge in [0.1, 0.15) is 6.17 Å². The average Bonchev–Trinajstić information content (AvgIpc) is 2.40. The first kappa shape index (κ1) is 13.9. The second-order valence-corrected chi connectivity index (χ2v) is 7.05. The lowest BCUT2D eigenvalue weighted by Gasteiger charge is -2.44. The van der Waals surface area contributed by atoms with Crippen molar-refractivity contribution in [2.24, 2.45) is 17.1 Å². The molecule has 0 aliphatic carbocycles. The van der Waals surface area contributed by atoms with Crippen molar-refractivity contribution in [2.75, 3.05) is 13.1 Å². The van der Waals surface area contributed by atoms with Gasteiger partial charge in [-0.1, -0.05) is 20.8 Å². The number of alkyl halides is 1. The Labute approximate surface area is 99.4 Å². The number of hydrogen-bond acceptors (Lipinski definition) is 2. The van der Waals surface area contributed by atoms with Gasteiger partial charge in [0.15, 0.2) is 0 Å². The highest BCUT2D eigenvalue weighted by atomic mass is 19.1. The standard InChI is InChI=1S/C13H27FN2/c1-12(2,3)11-9(7-15)10(14)8-16(11)13(4,5)6/h9-11H,7-8,15H2,1-6H3/t9-,10-,11-/m0/s1. The number of hydrogen-bond donors (Lipinski definition) is 1. The molecule has 16 heavy (non-hydrogen) atoms. The number of likely N-dealkylation sites (tertiary alicyclic amines) is 1. The average molecular weight is 230 g/mol. The van der Waals surface area contributed by atoms with Gasteiger partial charge in [-0.05, 0) is 32.7 Å². The fourth-order valence-corrected chi connectivity index (χ4v) is 2.94. The normalized spacial score (nSPS) is 33.4. The molecule has 1 fully saturated rings. The van der Waals surface area contributed by atoms with Gasteiger partial charge in [-0.2, -0.15) is 0 Å². The molecule has 1 heterocycles. The van der Waals surface area contributed by atoms with Gasteiger partial charge in [0.05, 0.1) is 0 Å². The zero-order valence-electron chi connectivity index (χ0n) is 11.5. The number of rotatable bonds is 1. The summed E-state index contributed by atoms with van der Waals surface area (Å²) in [4.78, 5) is 2.29. The molecule has 3 heteroatoms. The molecule has 0 amide bonds. The number of nitrogens with zero attached hydrogens (tertiary/aromatic N) is 1. The largest absolute Gasteiger partial charge is 0.330 e. The summed E-state index contributed by atoms with van der Waals surface area (Å²) < 4.78 is 14.0. The Morgan fingerprint density at radius 1 is 1.19 bits per heavy atom. The quantitative estimate of drug-likeness (QED) is 0.749. The first-order valence-corrected chi connectivity index (χ1v) is 6.20. The van der Waals surface area contributed by atoms with Crippen LogP contribution in [0.1, 0.15) is 41.5 Å². The molecule has 1 aliphatic heterocycles.